The van der Waals surface area contributed by atoms with Crippen LogP contribution >= 0.6 is 0 Å². The third-order valence-corrected chi connectivity index (χ3v) is 5.08. The van der Waals surface area contributed by atoms with Crippen molar-refractivity contribution in [3.05, 3.63) is 47.2 Å². The van der Waals surface area contributed by atoms with Crippen LogP contribution in [-0.2, 0) is 19.4 Å². The fraction of sp³-hybridized carbons (Fsp3) is 0.381. The molecule has 0 aliphatic heterocycles. The molecule has 150 valence electrons. The van der Waals surface area contributed by atoms with E-state index in [9.17, 15) is 0 Å². The minimum atomic E-state index is 0.398. The number of nitrogens with one attached hydrogen (secondary N) is 1. The highest BCUT2D eigenvalue weighted by atomic mass is 16.5. The summed E-state index contributed by atoms with van der Waals surface area (Å²) in [5, 5.41) is 11.4. The van der Waals surface area contributed by atoms with E-state index < -0.39 is 0 Å². The number of methoxy groups -OCH3 is 2. The van der Waals surface area contributed by atoms with Crippen molar-refractivity contribution in [2.45, 2.75) is 39.2 Å². The van der Waals surface area contributed by atoms with Gasteiger partial charge in [0.15, 0.2) is 0 Å². The van der Waals surface area contributed by atoms with E-state index in [0.29, 0.717) is 29.7 Å². The zero-order chi connectivity index (χ0) is 20.2. The molecule has 1 aliphatic rings. The molecular formula is C21H24N6O2. The Bertz CT molecular complexity index is 1000. The van der Waals surface area contributed by atoms with Crippen molar-refractivity contribution in [1.82, 2.24) is 25.1 Å². The first kappa shape index (κ1) is 19.0. The number of ether oxygens (including phenoxy) is 2. The molecule has 1 N–H and O–H groups in total. The minimum absolute atomic E-state index is 0.398. The summed E-state index contributed by atoms with van der Waals surface area (Å²) >= 11 is 0. The van der Waals surface area contributed by atoms with Gasteiger partial charge in [-0.3, -0.25) is 0 Å². The van der Waals surface area contributed by atoms with Gasteiger partial charge in [-0.1, -0.05) is 6.07 Å². The van der Waals surface area contributed by atoms with E-state index in [4.69, 9.17) is 14.5 Å². The topological polar surface area (TPSA) is 94.9 Å². The van der Waals surface area contributed by atoms with E-state index in [2.05, 4.69) is 32.4 Å². The zero-order valence-corrected chi connectivity index (χ0v) is 16.9. The summed E-state index contributed by atoms with van der Waals surface area (Å²) in [6.07, 6.45) is 6.09. The number of benzene rings is 1. The molecule has 0 saturated carbocycles. The smallest absolute Gasteiger partial charge is 0.243 e. The van der Waals surface area contributed by atoms with Crippen molar-refractivity contribution >= 4 is 5.95 Å². The number of anilines is 1. The van der Waals surface area contributed by atoms with Crippen LogP contribution in [0, 0.1) is 6.92 Å². The highest BCUT2D eigenvalue weighted by molar-refractivity contribution is 5.74. The van der Waals surface area contributed by atoms with Crippen molar-refractivity contribution in [3.8, 4) is 22.8 Å². The lowest BCUT2D eigenvalue weighted by molar-refractivity contribution is 0.397. The average molecular weight is 392 g/mol. The third kappa shape index (κ3) is 3.96. The van der Waals surface area contributed by atoms with Gasteiger partial charge in [0.25, 0.3) is 0 Å². The molecule has 3 aromatic rings. The van der Waals surface area contributed by atoms with E-state index >= 15 is 0 Å². The average Bonchev–Trinajstić information content (AvgIpc) is 2.77. The second-order valence-electron chi connectivity index (χ2n) is 6.91. The summed E-state index contributed by atoms with van der Waals surface area (Å²) in [7, 11) is 3.23. The van der Waals surface area contributed by atoms with Crippen LogP contribution in [0.15, 0.2) is 24.4 Å². The predicted molar refractivity (Wildman–Crippen MR) is 109 cm³/mol. The molecule has 1 aliphatic carbocycles. The van der Waals surface area contributed by atoms with Gasteiger partial charge in [-0.25, -0.2) is 15.0 Å². The Morgan fingerprint density at radius 2 is 1.76 bits per heavy atom. The largest absolute Gasteiger partial charge is 0.496 e. The second kappa shape index (κ2) is 8.38. The molecule has 4 rings (SSSR count). The lowest BCUT2D eigenvalue weighted by atomic mass is 9.95. The molecular weight excluding hydrogens is 368 g/mol. The number of rotatable bonds is 6. The normalized spacial score (nSPS) is 12.9. The summed E-state index contributed by atoms with van der Waals surface area (Å²) in [4.78, 5) is 14.0. The molecule has 0 atom stereocenters. The first-order valence-corrected chi connectivity index (χ1v) is 9.70. The second-order valence-corrected chi connectivity index (χ2v) is 6.91. The summed E-state index contributed by atoms with van der Waals surface area (Å²) in [6.45, 7) is 2.49. The van der Waals surface area contributed by atoms with E-state index in [1.54, 1.807) is 20.4 Å². The fourth-order valence-corrected chi connectivity index (χ4v) is 3.68. The fourth-order valence-electron chi connectivity index (χ4n) is 3.68. The quantitative estimate of drug-likeness (QED) is 0.684. The summed E-state index contributed by atoms with van der Waals surface area (Å²) in [5.74, 6) is 2.45. The SMILES string of the molecule is COc1cccc(OC)c1-c1cnnc(NCc2nc(C)c3c(n2)CCCC3)n1. The van der Waals surface area contributed by atoms with Crippen molar-refractivity contribution < 1.29 is 9.47 Å². The Morgan fingerprint density at radius 1 is 1.00 bits per heavy atom. The lowest BCUT2D eigenvalue weighted by Crippen LogP contribution is -2.15. The first-order chi connectivity index (χ1) is 14.2. The molecule has 0 saturated heterocycles. The van der Waals surface area contributed by atoms with E-state index in [1.807, 2.05) is 18.2 Å². The maximum Gasteiger partial charge on any atom is 0.243 e. The Labute approximate surface area is 169 Å². The van der Waals surface area contributed by atoms with E-state index in [-0.39, 0.29) is 0 Å². The molecule has 8 heteroatoms. The van der Waals surface area contributed by atoms with E-state index in [1.165, 1.54) is 24.1 Å². The number of hydrogen-bond donors (Lipinski definition) is 1. The van der Waals surface area contributed by atoms with Crippen LogP contribution in [0.1, 0.15) is 35.6 Å². The highest BCUT2D eigenvalue weighted by Crippen LogP contribution is 2.36. The molecule has 0 amide bonds. The Morgan fingerprint density at radius 3 is 2.52 bits per heavy atom. The summed E-state index contributed by atoms with van der Waals surface area (Å²) in [5.41, 5.74) is 4.89. The van der Waals surface area contributed by atoms with Crippen molar-refractivity contribution in [1.29, 1.82) is 0 Å². The number of aryl methyl sites for hydroxylation is 2. The van der Waals surface area contributed by atoms with Gasteiger partial charge >= 0.3 is 0 Å². The molecule has 0 spiro atoms. The van der Waals surface area contributed by atoms with E-state index in [0.717, 1.165) is 29.9 Å². The van der Waals surface area contributed by atoms with Crippen LogP contribution in [0.4, 0.5) is 5.95 Å². The van der Waals surface area contributed by atoms with Crippen molar-refractivity contribution in [3.63, 3.8) is 0 Å². The van der Waals surface area contributed by atoms with Gasteiger partial charge in [-0.05, 0) is 50.3 Å². The minimum Gasteiger partial charge on any atom is -0.496 e. The van der Waals surface area contributed by atoms with Gasteiger partial charge in [0.2, 0.25) is 5.95 Å². The third-order valence-electron chi connectivity index (χ3n) is 5.08. The molecule has 0 radical (unpaired) electrons. The molecule has 1 aromatic carbocycles. The van der Waals surface area contributed by atoms with Gasteiger partial charge in [-0.2, -0.15) is 5.10 Å². The molecule has 0 unspecified atom stereocenters. The van der Waals surface area contributed by atoms with Gasteiger partial charge in [-0.15, -0.1) is 5.10 Å². The Kier molecular flexibility index (Phi) is 5.50. The van der Waals surface area contributed by atoms with Gasteiger partial charge < -0.3 is 14.8 Å². The van der Waals surface area contributed by atoms with Crippen LogP contribution in [-0.4, -0.2) is 39.4 Å². The lowest BCUT2D eigenvalue weighted by Gasteiger charge is -2.17. The zero-order valence-electron chi connectivity index (χ0n) is 16.9. The maximum atomic E-state index is 5.47. The standard InChI is InChI=1S/C21H24N6O2/c1-13-14-7-4-5-8-15(14)25-19(24-13)12-22-21-26-16(11-23-27-21)20-17(28-2)9-6-10-18(20)29-3/h6,9-11H,4-5,7-8,12H2,1-3H3,(H,22,26,27). The van der Waals surface area contributed by atoms with Crippen LogP contribution in [0.2, 0.25) is 0 Å². The molecule has 0 fully saturated rings. The molecule has 8 nitrogen and oxygen atoms in total. The first-order valence-electron chi connectivity index (χ1n) is 9.70. The van der Waals surface area contributed by atoms with Crippen molar-refractivity contribution in [2.75, 3.05) is 19.5 Å². The Hall–Kier alpha value is -3.29. The monoisotopic (exact) mass is 392 g/mol. The predicted octanol–water partition coefficient (Wildman–Crippen LogP) is 3.15. The van der Waals surface area contributed by atoms with Crippen LogP contribution < -0.4 is 14.8 Å². The van der Waals surface area contributed by atoms with Gasteiger partial charge in [0.1, 0.15) is 23.0 Å². The number of nitrogens with zero attached hydrogens (tertiary/aromatic N) is 5. The molecule has 2 aromatic heterocycles. The van der Waals surface area contributed by atoms with Crippen LogP contribution in [0.5, 0.6) is 11.5 Å². The summed E-state index contributed by atoms with van der Waals surface area (Å²) < 4.78 is 10.9. The van der Waals surface area contributed by atoms with Crippen LogP contribution in [0.3, 0.4) is 0 Å². The summed E-state index contributed by atoms with van der Waals surface area (Å²) in [6, 6.07) is 5.58. The number of hydrogen-bond acceptors (Lipinski definition) is 8. The highest BCUT2D eigenvalue weighted by Gasteiger charge is 2.17. The Balaban J connectivity index is 1.57. The van der Waals surface area contributed by atoms with Crippen LogP contribution in [0.25, 0.3) is 11.3 Å². The maximum absolute atomic E-state index is 5.47. The van der Waals surface area contributed by atoms with Gasteiger partial charge in [0.05, 0.1) is 32.5 Å². The van der Waals surface area contributed by atoms with Crippen molar-refractivity contribution in [2.24, 2.45) is 0 Å². The number of fused-ring (bicyclic) bond motifs is 1. The molecule has 2 heterocycles. The molecule has 29 heavy (non-hydrogen) atoms. The number of aromatic nitrogens is 5. The molecule has 0 bridgehead atoms. The van der Waals surface area contributed by atoms with Gasteiger partial charge in [0, 0.05) is 11.4 Å².